The third kappa shape index (κ3) is 2.55. The number of imidazole rings is 1. The van der Waals surface area contributed by atoms with Crippen molar-refractivity contribution in [1.82, 2.24) is 9.55 Å². The van der Waals surface area contributed by atoms with Gasteiger partial charge in [-0.2, -0.15) is 0 Å². The lowest BCUT2D eigenvalue weighted by atomic mass is 10.2. The largest absolute Gasteiger partial charge is 0.333 e. The van der Waals surface area contributed by atoms with Crippen molar-refractivity contribution in [2.24, 2.45) is 5.73 Å². The van der Waals surface area contributed by atoms with E-state index in [1.807, 2.05) is 16.8 Å². The van der Waals surface area contributed by atoms with E-state index in [-0.39, 0.29) is 0 Å². The molecule has 0 aliphatic rings. The second-order valence-corrected chi connectivity index (χ2v) is 4.32. The van der Waals surface area contributed by atoms with Crippen molar-refractivity contribution in [2.75, 3.05) is 0 Å². The topological polar surface area (TPSA) is 43.8 Å². The Kier molecular flexibility index (Phi) is 3.49. The molecular formula is C11H11Cl2N3. The van der Waals surface area contributed by atoms with Crippen molar-refractivity contribution >= 4 is 23.2 Å². The molecule has 0 radical (unpaired) electrons. The van der Waals surface area contributed by atoms with E-state index < -0.39 is 0 Å². The molecule has 84 valence electrons. The van der Waals surface area contributed by atoms with Gasteiger partial charge in [-0.15, -0.1) is 0 Å². The van der Waals surface area contributed by atoms with Crippen LogP contribution in [0.5, 0.6) is 0 Å². The summed E-state index contributed by atoms with van der Waals surface area (Å²) in [5.41, 5.74) is 7.31. The van der Waals surface area contributed by atoms with Gasteiger partial charge in [0.15, 0.2) is 0 Å². The Morgan fingerprint density at radius 1 is 1.31 bits per heavy atom. The van der Waals surface area contributed by atoms with E-state index in [1.54, 1.807) is 18.5 Å². The summed E-state index contributed by atoms with van der Waals surface area (Å²) in [5.74, 6) is 0. The van der Waals surface area contributed by atoms with E-state index in [0.29, 0.717) is 23.1 Å². The van der Waals surface area contributed by atoms with Gasteiger partial charge in [0.1, 0.15) is 0 Å². The van der Waals surface area contributed by atoms with Crippen molar-refractivity contribution in [3.8, 4) is 0 Å². The molecule has 0 saturated carbocycles. The number of hydrogen-bond acceptors (Lipinski definition) is 2. The molecule has 1 aromatic carbocycles. The van der Waals surface area contributed by atoms with Gasteiger partial charge in [0, 0.05) is 22.8 Å². The first-order chi connectivity index (χ1) is 7.69. The van der Waals surface area contributed by atoms with Crippen LogP contribution in [0.15, 0.2) is 30.7 Å². The molecule has 0 saturated heterocycles. The van der Waals surface area contributed by atoms with Crippen molar-refractivity contribution < 1.29 is 0 Å². The van der Waals surface area contributed by atoms with Crippen LogP contribution in [-0.4, -0.2) is 9.55 Å². The molecule has 0 spiro atoms. The van der Waals surface area contributed by atoms with Crippen molar-refractivity contribution in [3.63, 3.8) is 0 Å². The summed E-state index contributed by atoms with van der Waals surface area (Å²) in [4.78, 5) is 4.14. The highest BCUT2D eigenvalue weighted by Crippen LogP contribution is 2.21. The molecule has 1 aromatic heterocycles. The summed E-state index contributed by atoms with van der Waals surface area (Å²) in [5, 5.41) is 1.38. The Bertz CT molecular complexity index is 494. The molecule has 2 rings (SSSR count). The molecule has 1 heterocycles. The molecule has 3 nitrogen and oxygen atoms in total. The molecule has 0 amide bonds. The summed E-state index contributed by atoms with van der Waals surface area (Å²) in [6.07, 6.45) is 3.64. The quantitative estimate of drug-likeness (QED) is 0.917. The zero-order valence-electron chi connectivity index (χ0n) is 8.53. The van der Waals surface area contributed by atoms with Crippen LogP contribution in [0.4, 0.5) is 0 Å². The number of nitrogens with zero attached hydrogens (tertiary/aromatic N) is 2. The maximum absolute atomic E-state index is 6.07. The summed E-state index contributed by atoms with van der Waals surface area (Å²) in [7, 11) is 0. The maximum Gasteiger partial charge on any atom is 0.0953 e. The molecule has 0 bridgehead atoms. The van der Waals surface area contributed by atoms with Crippen molar-refractivity contribution in [1.29, 1.82) is 0 Å². The van der Waals surface area contributed by atoms with E-state index in [2.05, 4.69) is 4.98 Å². The minimum Gasteiger partial charge on any atom is -0.333 e. The second kappa shape index (κ2) is 4.87. The highest BCUT2D eigenvalue weighted by Gasteiger charge is 2.03. The zero-order valence-corrected chi connectivity index (χ0v) is 10.0. The monoisotopic (exact) mass is 255 g/mol. The molecule has 0 unspecified atom stereocenters. The molecule has 5 heteroatoms. The van der Waals surface area contributed by atoms with Crippen LogP contribution >= 0.6 is 23.2 Å². The fourth-order valence-electron chi connectivity index (χ4n) is 1.46. The van der Waals surface area contributed by atoms with Gasteiger partial charge in [-0.1, -0.05) is 23.2 Å². The first-order valence-electron chi connectivity index (χ1n) is 4.83. The van der Waals surface area contributed by atoms with Crippen LogP contribution in [0.3, 0.4) is 0 Å². The Morgan fingerprint density at radius 3 is 2.81 bits per heavy atom. The number of nitrogens with two attached hydrogens (primary N) is 1. The number of hydrogen-bond donors (Lipinski definition) is 1. The molecule has 0 atom stereocenters. The first kappa shape index (κ1) is 11.5. The van der Waals surface area contributed by atoms with Crippen LogP contribution in [0.2, 0.25) is 10.0 Å². The fraction of sp³-hybridized carbons (Fsp3) is 0.182. The van der Waals surface area contributed by atoms with Crippen LogP contribution in [0.1, 0.15) is 11.3 Å². The van der Waals surface area contributed by atoms with Gasteiger partial charge in [0.05, 0.1) is 18.6 Å². The maximum atomic E-state index is 6.07. The highest BCUT2D eigenvalue weighted by molar-refractivity contribution is 6.33. The van der Waals surface area contributed by atoms with E-state index in [0.717, 1.165) is 11.3 Å². The number of rotatable bonds is 3. The third-order valence-corrected chi connectivity index (χ3v) is 2.86. The molecule has 0 aliphatic heterocycles. The normalized spacial score (nSPS) is 10.7. The molecule has 0 aliphatic carbocycles. The van der Waals surface area contributed by atoms with E-state index in [4.69, 9.17) is 28.9 Å². The Morgan fingerprint density at radius 2 is 2.12 bits per heavy atom. The SMILES string of the molecule is NCc1cn(Cc2cc(Cl)ccc2Cl)cn1. The first-order valence-corrected chi connectivity index (χ1v) is 5.59. The fourth-order valence-corrected chi connectivity index (χ4v) is 1.83. The smallest absolute Gasteiger partial charge is 0.0953 e. The predicted octanol–water partition coefficient (Wildman–Crippen LogP) is 2.70. The summed E-state index contributed by atoms with van der Waals surface area (Å²) < 4.78 is 1.93. The van der Waals surface area contributed by atoms with Crippen LogP contribution in [0, 0.1) is 0 Å². The zero-order chi connectivity index (χ0) is 11.5. The molecular weight excluding hydrogens is 245 g/mol. The molecule has 0 fully saturated rings. The van der Waals surface area contributed by atoms with Crippen molar-refractivity contribution in [3.05, 3.63) is 52.0 Å². The predicted molar refractivity (Wildman–Crippen MR) is 65.7 cm³/mol. The standard InChI is InChI=1S/C11H11Cl2N3/c12-9-1-2-11(13)8(3-9)5-16-6-10(4-14)15-7-16/h1-3,6-7H,4-5,14H2. The Hall–Kier alpha value is -1.03. The third-order valence-electron chi connectivity index (χ3n) is 2.26. The van der Waals surface area contributed by atoms with Gasteiger partial charge >= 0.3 is 0 Å². The van der Waals surface area contributed by atoms with E-state index in [1.165, 1.54) is 0 Å². The Balaban J connectivity index is 2.22. The lowest BCUT2D eigenvalue weighted by Crippen LogP contribution is -1.98. The minimum absolute atomic E-state index is 0.441. The van der Waals surface area contributed by atoms with Gasteiger partial charge in [-0.3, -0.25) is 0 Å². The molecule has 2 aromatic rings. The molecule has 2 N–H and O–H groups in total. The van der Waals surface area contributed by atoms with Gasteiger partial charge in [-0.25, -0.2) is 4.98 Å². The highest BCUT2D eigenvalue weighted by atomic mass is 35.5. The number of aromatic nitrogens is 2. The Labute approximate surface area is 104 Å². The lowest BCUT2D eigenvalue weighted by Gasteiger charge is -2.05. The van der Waals surface area contributed by atoms with Crippen LogP contribution < -0.4 is 5.73 Å². The summed E-state index contributed by atoms with van der Waals surface area (Å²) in [6.45, 7) is 1.09. The van der Waals surface area contributed by atoms with Gasteiger partial charge in [0.2, 0.25) is 0 Å². The van der Waals surface area contributed by atoms with E-state index in [9.17, 15) is 0 Å². The van der Waals surface area contributed by atoms with E-state index >= 15 is 0 Å². The van der Waals surface area contributed by atoms with Crippen molar-refractivity contribution in [2.45, 2.75) is 13.1 Å². The van der Waals surface area contributed by atoms with Gasteiger partial charge < -0.3 is 10.3 Å². The van der Waals surface area contributed by atoms with Gasteiger partial charge in [-0.05, 0) is 23.8 Å². The van der Waals surface area contributed by atoms with Crippen LogP contribution in [-0.2, 0) is 13.1 Å². The van der Waals surface area contributed by atoms with Gasteiger partial charge in [0.25, 0.3) is 0 Å². The average molecular weight is 256 g/mol. The molecule has 16 heavy (non-hydrogen) atoms. The number of halogens is 2. The second-order valence-electron chi connectivity index (χ2n) is 3.48. The average Bonchev–Trinajstić information content (AvgIpc) is 2.71. The summed E-state index contributed by atoms with van der Waals surface area (Å²) in [6, 6.07) is 5.42. The number of benzene rings is 1. The lowest BCUT2D eigenvalue weighted by molar-refractivity contribution is 0.796. The van der Waals surface area contributed by atoms with Crippen LogP contribution in [0.25, 0.3) is 0 Å². The minimum atomic E-state index is 0.441. The summed E-state index contributed by atoms with van der Waals surface area (Å²) >= 11 is 12.0.